The van der Waals surface area contributed by atoms with Gasteiger partial charge in [0, 0.05) is 0 Å². The van der Waals surface area contributed by atoms with Crippen molar-refractivity contribution in [3.63, 3.8) is 0 Å². The zero-order chi connectivity index (χ0) is 56.1. The summed E-state index contributed by atoms with van der Waals surface area (Å²) in [6.45, 7) is 0. The highest BCUT2D eigenvalue weighted by Crippen LogP contribution is 2.67. The molecule has 0 aliphatic carbocycles. The van der Waals surface area contributed by atoms with Crippen LogP contribution in [0.5, 0.6) is 0 Å². The minimum Gasteiger partial charge on any atom is -0.220 e. The van der Waals surface area contributed by atoms with Crippen LogP contribution in [0.2, 0.25) is 0 Å². The molecule has 0 bridgehead atoms. The Bertz CT molecular complexity index is 1960. The molecule has 0 aromatic heterocycles. The molecule has 0 aliphatic heterocycles. The van der Waals surface area contributed by atoms with Gasteiger partial charge in [0.2, 0.25) is 0 Å². The lowest BCUT2D eigenvalue weighted by molar-refractivity contribution is -0.433. The first-order valence-electron chi connectivity index (χ1n) is 13.4. The summed E-state index contributed by atoms with van der Waals surface area (Å²) < 4.78 is 593. The summed E-state index contributed by atoms with van der Waals surface area (Å²) in [6, 6.07) is 0. The molecule has 0 rings (SSSR count). The molecule has 0 aromatic rings. The Morgan fingerprint density at radius 2 is 0.284 bits per heavy atom. The molecule has 0 aromatic carbocycles. The van der Waals surface area contributed by atoms with Gasteiger partial charge in [0.25, 0.3) is 33.4 Å². The highest BCUT2D eigenvalue weighted by Gasteiger charge is 2.98. The van der Waals surface area contributed by atoms with Gasteiger partial charge < -0.3 is 0 Å². The third kappa shape index (κ3) is 7.52. The van der Waals surface area contributed by atoms with Gasteiger partial charge in [-0.1, -0.05) is 0 Å². The monoisotopic (exact) mass is 1160 g/mol. The van der Waals surface area contributed by atoms with E-state index in [1.807, 2.05) is 0 Å². The van der Waals surface area contributed by atoms with Gasteiger partial charge in [-0.15, -0.1) is 0 Å². The zero-order valence-corrected chi connectivity index (χ0v) is 30.4. The van der Waals surface area contributed by atoms with Gasteiger partial charge in [-0.3, -0.25) is 0 Å². The van der Waals surface area contributed by atoms with Gasteiger partial charge in [-0.25, -0.2) is 25.3 Å². The van der Waals surface area contributed by atoms with Crippen molar-refractivity contribution < 1.29 is 196 Å². The molecular weight excluding hydrogens is 1160 g/mol. The lowest BCUT2D eigenvalue weighted by atomic mass is 9.98. The predicted molar refractivity (Wildman–Crippen MR) is 123 cm³/mol. The van der Waals surface area contributed by atoms with Gasteiger partial charge in [-0.05, 0) is 0 Å². The van der Waals surface area contributed by atoms with Gasteiger partial charge in [-0.2, -0.15) is 171 Å². The van der Waals surface area contributed by atoms with Crippen molar-refractivity contribution in [1.82, 2.24) is 0 Å². The Kier molecular flexibility index (Phi) is 14.7. The van der Waals surface area contributed by atoms with Crippen LogP contribution in [0.3, 0.4) is 0 Å². The van der Waals surface area contributed by atoms with Crippen LogP contribution in [0.15, 0.2) is 0 Å². The minimum absolute atomic E-state index is 8.73. The second kappa shape index (κ2) is 15.3. The average molecular weight is 1160 g/mol. The number of rotatable bonds is 18. The third-order valence-corrected chi connectivity index (χ3v) is 16.5. The summed E-state index contributed by atoms with van der Waals surface area (Å²) in [5.74, 6) is -119. The summed E-state index contributed by atoms with van der Waals surface area (Å²) in [4.78, 5) is 0. The predicted octanol–water partition coefficient (Wildman–Crippen LogP) is 10.6. The van der Waals surface area contributed by atoms with Crippen LogP contribution in [0.4, 0.5) is 171 Å². The third-order valence-electron chi connectivity index (χ3n) is 7.55. The number of hydrogen-bond acceptors (Lipinski definition) is 6. The molecule has 0 saturated carbocycles. The molecule has 404 valence electrons. The molecule has 0 radical (unpaired) electrons. The maximum Gasteiger partial charge on any atom is 0.460 e. The molecule has 0 aliphatic rings. The molecular formula is C19HF39O6S3. The topological polar surface area (TPSA) is 102 Å². The molecule has 48 heteroatoms. The highest BCUT2D eigenvalue weighted by molar-refractivity contribution is 8.25. The van der Waals surface area contributed by atoms with E-state index in [0.29, 0.717) is 0 Å². The number of hydrogen-bond donors (Lipinski definition) is 0. The van der Waals surface area contributed by atoms with E-state index < -0.39 is 139 Å². The molecule has 0 saturated heterocycles. The Morgan fingerprint density at radius 3 is 0.388 bits per heavy atom. The fraction of sp³-hybridized carbons (Fsp3) is 1.00. The van der Waals surface area contributed by atoms with Crippen LogP contribution >= 0.6 is 0 Å². The van der Waals surface area contributed by atoms with E-state index in [2.05, 4.69) is 0 Å². The zero-order valence-electron chi connectivity index (χ0n) is 28.0. The first-order chi connectivity index (χ1) is 27.9. The van der Waals surface area contributed by atoms with E-state index in [-0.39, 0.29) is 0 Å². The fourth-order valence-corrected chi connectivity index (χ4v) is 12.0. The molecule has 0 heterocycles. The molecule has 0 unspecified atom stereocenters. The van der Waals surface area contributed by atoms with Crippen LogP contribution in [-0.2, 0) is 29.5 Å². The number of alkyl halides is 39. The van der Waals surface area contributed by atoms with Crippen molar-refractivity contribution >= 4 is 29.5 Å². The van der Waals surface area contributed by atoms with Gasteiger partial charge in [0.15, 0.2) is 0 Å². The first kappa shape index (κ1) is 64.1. The average Bonchev–Trinajstić information content (AvgIpc) is 3.04. The second-order valence-corrected chi connectivity index (χ2v) is 19.0. The molecule has 0 spiro atoms. The minimum atomic E-state index is -11.8. The Labute approximate surface area is 336 Å². The lowest BCUT2D eigenvalue weighted by Crippen LogP contribution is -2.75. The van der Waals surface area contributed by atoms with E-state index in [1.165, 1.54) is 0 Å². The molecule has 67 heavy (non-hydrogen) atoms. The van der Waals surface area contributed by atoms with Crippen molar-refractivity contribution in [1.29, 1.82) is 0 Å². The van der Waals surface area contributed by atoms with Crippen molar-refractivity contribution in [2.24, 2.45) is 0 Å². The van der Waals surface area contributed by atoms with E-state index in [1.54, 1.807) is 0 Å². The van der Waals surface area contributed by atoms with Crippen LogP contribution in [-0.4, -0.2) is 135 Å². The largest absolute Gasteiger partial charge is 0.460 e. The summed E-state index contributed by atoms with van der Waals surface area (Å²) in [5, 5.41) is -31.6. The normalized spacial score (nSPS) is 17.4. The molecule has 6 nitrogen and oxygen atoms in total. The standard InChI is InChI=1S/C19HF39O6S3/c20-2(21,8(32,33)14(44,45)46)5(26,27)11(38,39)17(53,54)65(59,60)1(66(61,62)18(55,56)12(40,41)6(28,29)3(22,23)9(34,35)15(47,48)49)67(63,64)19(57,58)13(42,43)7(30,31)4(24,25)10(36,37)16(50,51)52/h1H. The van der Waals surface area contributed by atoms with Crippen molar-refractivity contribution in [2.45, 2.75) is 109 Å². The summed E-state index contributed by atoms with van der Waals surface area (Å²) in [7, 11) is -35.4. The van der Waals surface area contributed by atoms with Gasteiger partial charge in [0.05, 0.1) is 0 Å². The van der Waals surface area contributed by atoms with E-state index >= 15 is 0 Å². The Hall–Kier alpha value is -2.88. The van der Waals surface area contributed by atoms with E-state index in [9.17, 15) is 196 Å². The highest BCUT2D eigenvalue weighted by atomic mass is 32.3. The second-order valence-electron chi connectivity index (χ2n) is 11.9. The molecule has 0 N–H and O–H groups in total. The summed E-state index contributed by atoms with van der Waals surface area (Å²) in [6.07, 6.45) is -26.2. The van der Waals surface area contributed by atoms with E-state index in [4.69, 9.17) is 0 Å². The van der Waals surface area contributed by atoms with Crippen LogP contribution in [0.25, 0.3) is 0 Å². The van der Waals surface area contributed by atoms with Crippen LogP contribution in [0.1, 0.15) is 0 Å². The number of halogens is 39. The quantitative estimate of drug-likeness (QED) is 0.127. The Morgan fingerprint density at radius 1 is 0.179 bits per heavy atom. The van der Waals surface area contributed by atoms with Gasteiger partial charge >= 0.3 is 105 Å². The smallest absolute Gasteiger partial charge is 0.220 e. The summed E-state index contributed by atoms with van der Waals surface area (Å²) >= 11 is 0. The van der Waals surface area contributed by atoms with E-state index in [0.717, 1.165) is 0 Å². The van der Waals surface area contributed by atoms with Crippen molar-refractivity contribution in [2.75, 3.05) is 0 Å². The summed E-state index contributed by atoms with van der Waals surface area (Å²) in [5.41, 5.74) is 0. The van der Waals surface area contributed by atoms with Crippen LogP contribution < -0.4 is 0 Å². The molecule has 0 atom stereocenters. The van der Waals surface area contributed by atoms with Crippen molar-refractivity contribution in [3.8, 4) is 0 Å². The SMILES string of the molecule is O=S(=O)(C(S(=O)(=O)C(F)(F)C(F)(F)C(F)(F)C(F)(F)C(F)(F)C(F)(F)F)S(=O)(=O)C(F)(F)C(F)(F)C(F)(F)C(F)(F)C(F)(F)C(F)(F)F)C(F)(F)C(F)(F)C(F)(F)C(F)(F)C(F)(F)C(F)(F)F. The molecule has 0 fully saturated rings. The first-order valence-corrected chi connectivity index (χ1v) is 18.1. The van der Waals surface area contributed by atoms with Gasteiger partial charge in [0.1, 0.15) is 0 Å². The van der Waals surface area contributed by atoms with Crippen LogP contribution in [0, 0.1) is 0 Å². The maximum absolute atomic E-state index is 14.7. The molecule has 0 amide bonds. The maximum atomic E-state index is 14.7. The fourth-order valence-electron chi connectivity index (χ4n) is 3.66. The lowest BCUT2D eigenvalue weighted by Gasteiger charge is -2.42. The van der Waals surface area contributed by atoms with Crippen molar-refractivity contribution in [3.05, 3.63) is 0 Å². The Balaban J connectivity index is 9.56. The number of sulfone groups is 3.